The minimum atomic E-state index is -0.814. The van der Waals surface area contributed by atoms with Crippen LogP contribution in [0.3, 0.4) is 0 Å². The molecule has 1 unspecified atom stereocenters. The fraction of sp³-hybridized carbons (Fsp3) is 0.368. The molecule has 1 heterocycles. The Morgan fingerprint density at radius 1 is 1.08 bits per heavy atom. The number of hydrogen-bond donors (Lipinski definition) is 2. The van der Waals surface area contributed by atoms with Gasteiger partial charge in [0.1, 0.15) is 5.76 Å². The molecule has 1 atom stereocenters. The van der Waals surface area contributed by atoms with Gasteiger partial charge in [0, 0.05) is 7.11 Å². The quantitative estimate of drug-likeness (QED) is 0.707. The molecule has 7 heteroatoms. The van der Waals surface area contributed by atoms with Gasteiger partial charge < -0.3 is 9.15 Å². The average molecular weight is 359 g/mol. The molecule has 0 spiro atoms. The number of ether oxygens (including phenoxy) is 1. The van der Waals surface area contributed by atoms with Crippen LogP contribution in [0.4, 0.5) is 0 Å². The number of hydrogen-bond acceptors (Lipinski definition) is 5. The molecular formula is C19H25N3O4. The maximum Gasteiger partial charge on any atom is 0.305 e. The van der Waals surface area contributed by atoms with E-state index in [9.17, 15) is 9.59 Å². The minimum absolute atomic E-state index is 0.140. The Labute approximate surface area is 153 Å². The SMILES string of the molecule is CCN(CC)Cc1ccc(C(=O)NNC(=O)C(OC)c2ccccc2)o1. The van der Waals surface area contributed by atoms with Gasteiger partial charge in [-0.2, -0.15) is 0 Å². The summed E-state index contributed by atoms with van der Waals surface area (Å²) in [4.78, 5) is 26.6. The highest BCUT2D eigenvalue weighted by Crippen LogP contribution is 2.16. The van der Waals surface area contributed by atoms with E-state index in [1.54, 1.807) is 24.3 Å². The summed E-state index contributed by atoms with van der Waals surface area (Å²) in [6.45, 7) is 6.55. The monoisotopic (exact) mass is 359 g/mol. The van der Waals surface area contributed by atoms with E-state index < -0.39 is 17.9 Å². The van der Waals surface area contributed by atoms with E-state index in [-0.39, 0.29) is 5.76 Å². The summed E-state index contributed by atoms with van der Waals surface area (Å²) < 4.78 is 10.8. The zero-order valence-corrected chi connectivity index (χ0v) is 15.3. The predicted octanol–water partition coefficient (Wildman–Crippen LogP) is 2.27. The van der Waals surface area contributed by atoms with Crippen molar-refractivity contribution in [1.29, 1.82) is 0 Å². The van der Waals surface area contributed by atoms with Crippen molar-refractivity contribution in [2.75, 3.05) is 20.2 Å². The lowest BCUT2D eigenvalue weighted by Gasteiger charge is -2.16. The smallest absolute Gasteiger partial charge is 0.305 e. The van der Waals surface area contributed by atoms with Gasteiger partial charge in [0.2, 0.25) is 0 Å². The Hall–Kier alpha value is -2.64. The summed E-state index contributed by atoms with van der Waals surface area (Å²) in [5.41, 5.74) is 5.42. The molecule has 2 rings (SSSR count). The first-order chi connectivity index (χ1) is 12.6. The molecule has 1 aromatic carbocycles. The predicted molar refractivity (Wildman–Crippen MR) is 97.1 cm³/mol. The molecule has 0 aliphatic carbocycles. The van der Waals surface area contributed by atoms with E-state index in [0.29, 0.717) is 17.9 Å². The number of carbonyl (C=O) groups excluding carboxylic acids is 2. The third-order valence-electron chi connectivity index (χ3n) is 4.03. The standard InChI is InChI=1S/C19H25N3O4/c1-4-22(5-2)13-15-11-12-16(26-15)18(23)20-21-19(24)17(25-3)14-9-7-6-8-10-14/h6-12,17H,4-5,13H2,1-3H3,(H,20,23)(H,21,24). The molecule has 1 aromatic heterocycles. The summed E-state index contributed by atoms with van der Waals surface area (Å²) in [6, 6.07) is 12.4. The molecule has 0 bridgehead atoms. The van der Waals surface area contributed by atoms with Crippen LogP contribution in [-0.4, -0.2) is 36.9 Å². The van der Waals surface area contributed by atoms with Crippen molar-refractivity contribution < 1.29 is 18.7 Å². The summed E-state index contributed by atoms with van der Waals surface area (Å²) >= 11 is 0. The first-order valence-electron chi connectivity index (χ1n) is 8.58. The number of carbonyl (C=O) groups is 2. The lowest BCUT2D eigenvalue weighted by atomic mass is 10.1. The largest absolute Gasteiger partial charge is 0.454 e. The van der Waals surface area contributed by atoms with Gasteiger partial charge in [0.25, 0.3) is 5.91 Å². The van der Waals surface area contributed by atoms with Crippen LogP contribution in [-0.2, 0) is 16.1 Å². The number of furan rings is 1. The Kier molecular flexibility index (Phi) is 7.37. The minimum Gasteiger partial charge on any atom is -0.454 e. The highest BCUT2D eigenvalue weighted by molar-refractivity contribution is 5.93. The van der Waals surface area contributed by atoms with Gasteiger partial charge in [-0.05, 0) is 30.8 Å². The number of hydrazine groups is 1. The summed E-state index contributed by atoms with van der Waals surface area (Å²) in [6.07, 6.45) is -0.814. The van der Waals surface area contributed by atoms with Crippen molar-refractivity contribution in [2.45, 2.75) is 26.5 Å². The fourth-order valence-electron chi connectivity index (χ4n) is 2.52. The van der Waals surface area contributed by atoms with Crippen LogP contribution in [0.1, 0.15) is 41.8 Å². The summed E-state index contributed by atoms with van der Waals surface area (Å²) in [5, 5.41) is 0. The van der Waals surface area contributed by atoms with Crippen LogP contribution in [0.25, 0.3) is 0 Å². The molecule has 2 aromatic rings. The van der Waals surface area contributed by atoms with Crippen molar-refractivity contribution >= 4 is 11.8 Å². The maximum atomic E-state index is 12.3. The third kappa shape index (κ3) is 5.18. The van der Waals surface area contributed by atoms with Gasteiger partial charge in [-0.1, -0.05) is 44.2 Å². The van der Waals surface area contributed by atoms with Crippen LogP contribution in [0.2, 0.25) is 0 Å². The topological polar surface area (TPSA) is 83.8 Å². The average Bonchev–Trinajstić information content (AvgIpc) is 3.14. The van der Waals surface area contributed by atoms with Crippen LogP contribution < -0.4 is 10.9 Å². The van der Waals surface area contributed by atoms with Gasteiger partial charge in [-0.3, -0.25) is 25.3 Å². The highest BCUT2D eigenvalue weighted by Gasteiger charge is 2.21. The number of methoxy groups -OCH3 is 1. The van der Waals surface area contributed by atoms with E-state index in [4.69, 9.17) is 9.15 Å². The molecule has 0 fully saturated rings. The molecule has 0 aliphatic rings. The normalized spacial score (nSPS) is 12.0. The van der Waals surface area contributed by atoms with Crippen molar-refractivity contribution in [1.82, 2.24) is 15.8 Å². The zero-order valence-electron chi connectivity index (χ0n) is 15.3. The number of nitrogens with zero attached hydrogens (tertiary/aromatic N) is 1. The Morgan fingerprint density at radius 2 is 1.77 bits per heavy atom. The first-order valence-corrected chi connectivity index (χ1v) is 8.58. The molecule has 0 saturated heterocycles. The Bertz CT molecular complexity index is 711. The second kappa shape index (κ2) is 9.74. The molecule has 2 N–H and O–H groups in total. The molecule has 7 nitrogen and oxygen atoms in total. The van der Waals surface area contributed by atoms with E-state index in [1.807, 2.05) is 18.2 Å². The zero-order chi connectivity index (χ0) is 18.9. The highest BCUT2D eigenvalue weighted by atomic mass is 16.5. The fourth-order valence-corrected chi connectivity index (χ4v) is 2.52. The number of rotatable bonds is 8. The van der Waals surface area contributed by atoms with Gasteiger partial charge in [0.05, 0.1) is 6.54 Å². The van der Waals surface area contributed by atoms with Gasteiger partial charge in [-0.15, -0.1) is 0 Å². The lowest BCUT2D eigenvalue weighted by Crippen LogP contribution is -2.44. The number of nitrogens with one attached hydrogen (secondary N) is 2. The van der Waals surface area contributed by atoms with E-state index >= 15 is 0 Å². The van der Waals surface area contributed by atoms with E-state index in [2.05, 4.69) is 29.6 Å². The van der Waals surface area contributed by atoms with Gasteiger partial charge in [0.15, 0.2) is 11.9 Å². The molecule has 0 aliphatic heterocycles. The molecule has 140 valence electrons. The molecule has 2 amide bonds. The van der Waals surface area contributed by atoms with Crippen LogP contribution >= 0.6 is 0 Å². The number of benzene rings is 1. The molecule has 0 radical (unpaired) electrons. The van der Waals surface area contributed by atoms with Crippen molar-refractivity contribution in [2.24, 2.45) is 0 Å². The summed E-state index contributed by atoms with van der Waals surface area (Å²) in [5.74, 6) is -0.153. The summed E-state index contributed by atoms with van der Waals surface area (Å²) in [7, 11) is 1.44. The molecule has 0 saturated carbocycles. The molecule has 26 heavy (non-hydrogen) atoms. The number of amides is 2. The lowest BCUT2D eigenvalue weighted by molar-refractivity contribution is -0.132. The van der Waals surface area contributed by atoms with Gasteiger partial charge in [-0.25, -0.2) is 0 Å². The van der Waals surface area contributed by atoms with Crippen LogP contribution in [0.15, 0.2) is 46.9 Å². The van der Waals surface area contributed by atoms with Crippen molar-refractivity contribution in [3.05, 3.63) is 59.5 Å². The Morgan fingerprint density at radius 3 is 2.38 bits per heavy atom. The van der Waals surface area contributed by atoms with Crippen LogP contribution in [0.5, 0.6) is 0 Å². The van der Waals surface area contributed by atoms with E-state index in [0.717, 1.165) is 13.1 Å². The molecular weight excluding hydrogens is 334 g/mol. The Balaban J connectivity index is 1.91. The van der Waals surface area contributed by atoms with Gasteiger partial charge >= 0.3 is 5.91 Å². The second-order valence-corrected chi connectivity index (χ2v) is 5.70. The third-order valence-corrected chi connectivity index (χ3v) is 4.03. The maximum absolute atomic E-state index is 12.3. The first kappa shape index (κ1) is 19.7. The van der Waals surface area contributed by atoms with Crippen LogP contribution in [0, 0.1) is 0 Å². The van der Waals surface area contributed by atoms with E-state index in [1.165, 1.54) is 7.11 Å². The van der Waals surface area contributed by atoms with Crippen molar-refractivity contribution in [3.63, 3.8) is 0 Å². The second-order valence-electron chi connectivity index (χ2n) is 5.70. The van der Waals surface area contributed by atoms with Crippen molar-refractivity contribution in [3.8, 4) is 0 Å².